The Labute approximate surface area is 313 Å². The topological polar surface area (TPSA) is 134 Å². The van der Waals surface area contributed by atoms with E-state index in [0.29, 0.717) is 4.68 Å². The number of carbonyl (C=O) groups excluding carboxylic acids is 2. The summed E-state index contributed by atoms with van der Waals surface area (Å²) in [6.07, 6.45) is -6.49. The molecule has 6 rings (SSSR count). The Morgan fingerprint density at radius 3 is 2.33 bits per heavy atom. The molecule has 2 aromatic carbocycles. The molecule has 2 N–H and O–H groups in total. The van der Waals surface area contributed by atoms with Crippen LogP contribution in [0.1, 0.15) is 82.4 Å². The molecule has 55 heavy (non-hydrogen) atoms. The number of aromatic nitrogens is 5. The van der Waals surface area contributed by atoms with E-state index in [2.05, 4.69) is 20.2 Å². The van der Waals surface area contributed by atoms with Crippen LogP contribution >= 0.6 is 11.6 Å². The Morgan fingerprint density at radius 2 is 1.75 bits per heavy atom. The van der Waals surface area contributed by atoms with Gasteiger partial charge in [-0.05, 0) is 54.0 Å². The molecular weight excluding hydrogens is 768 g/mol. The minimum absolute atomic E-state index is 0.0461. The smallest absolute Gasteiger partial charge is 0.395 e. The number of ether oxygens (including phenoxy) is 1. The van der Waals surface area contributed by atoms with Gasteiger partial charge in [0.25, 0.3) is 12.3 Å². The molecule has 11 nitrogen and oxygen atoms in total. The van der Waals surface area contributed by atoms with E-state index in [1.165, 1.54) is 30.3 Å². The second kappa shape index (κ2) is 14.2. The Balaban J connectivity index is 1.42. The van der Waals surface area contributed by atoms with Gasteiger partial charge in [-0.15, -0.1) is 0 Å². The van der Waals surface area contributed by atoms with Gasteiger partial charge < -0.3 is 10.5 Å². The predicted octanol–water partition coefficient (Wildman–Crippen LogP) is 8.06. The lowest BCUT2D eigenvalue weighted by Crippen LogP contribution is -2.47. The minimum atomic E-state index is -4.67. The van der Waals surface area contributed by atoms with E-state index in [1.54, 1.807) is 20.8 Å². The van der Waals surface area contributed by atoms with Crippen molar-refractivity contribution in [2.24, 2.45) is 21.6 Å². The van der Waals surface area contributed by atoms with Gasteiger partial charge in [-0.25, -0.2) is 32.5 Å². The number of benzene rings is 2. The predicted molar refractivity (Wildman–Crippen MR) is 180 cm³/mol. The molecule has 3 heterocycles. The number of halogens is 9. The largest absolute Gasteiger partial charge is 0.463 e. The lowest BCUT2D eigenvalue weighted by molar-refractivity contribution is -0.195. The Morgan fingerprint density at radius 1 is 1.04 bits per heavy atom. The van der Waals surface area contributed by atoms with Crippen molar-refractivity contribution in [3.63, 3.8) is 0 Å². The fourth-order valence-electron chi connectivity index (χ4n) is 6.69. The molecule has 1 aliphatic carbocycles. The van der Waals surface area contributed by atoms with E-state index in [4.69, 9.17) is 22.1 Å². The van der Waals surface area contributed by atoms with Crippen molar-refractivity contribution in [2.75, 3.05) is 6.61 Å². The molecule has 4 aromatic rings. The summed E-state index contributed by atoms with van der Waals surface area (Å²) in [4.78, 5) is 36.8. The SMILES string of the molecule is CC(C)(C)C[C@]1(c2ccc(-c3cnn(C(F)F)c3)cc2F)N=C(N)N([C@H](COC(=O)CC2(C(F)(F)F)CC2)c2ccc(Cl)c(-n3ncnc3C(F)F)c2)C1=O. The summed E-state index contributed by atoms with van der Waals surface area (Å²) in [6.45, 7) is 1.51. The number of carbonyl (C=O) groups is 2. The number of guanidine groups is 1. The zero-order chi connectivity index (χ0) is 40.2. The quantitative estimate of drug-likeness (QED) is 0.113. The van der Waals surface area contributed by atoms with Crippen molar-refractivity contribution in [3.8, 4) is 16.8 Å². The first-order valence-corrected chi connectivity index (χ1v) is 17.1. The number of nitrogens with zero attached hydrogens (tertiary/aromatic N) is 7. The molecule has 1 amide bonds. The van der Waals surface area contributed by atoms with Crippen molar-refractivity contribution >= 4 is 29.4 Å². The second-order valence-corrected chi connectivity index (χ2v) is 15.0. The fourth-order valence-corrected chi connectivity index (χ4v) is 6.89. The molecule has 2 aromatic heterocycles. The van der Waals surface area contributed by atoms with Crippen molar-refractivity contribution < 1.29 is 49.4 Å². The Kier molecular flexibility index (Phi) is 10.2. The van der Waals surface area contributed by atoms with Crippen LogP contribution in [0.25, 0.3) is 16.8 Å². The van der Waals surface area contributed by atoms with Gasteiger partial charge in [-0.3, -0.25) is 14.5 Å². The van der Waals surface area contributed by atoms with Crippen LogP contribution in [0, 0.1) is 16.6 Å². The van der Waals surface area contributed by atoms with Crippen LogP contribution in [0.2, 0.25) is 5.02 Å². The summed E-state index contributed by atoms with van der Waals surface area (Å²) in [5, 5.41) is 7.31. The molecule has 2 atom stereocenters. The summed E-state index contributed by atoms with van der Waals surface area (Å²) in [7, 11) is 0. The van der Waals surface area contributed by atoms with Gasteiger partial charge in [-0.2, -0.15) is 32.1 Å². The van der Waals surface area contributed by atoms with Gasteiger partial charge in [0.15, 0.2) is 17.3 Å². The van der Waals surface area contributed by atoms with Crippen LogP contribution in [0.3, 0.4) is 0 Å². The first kappa shape index (κ1) is 39.6. The summed E-state index contributed by atoms with van der Waals surface area (Å²) in [5.74, 6) is -4.38. The standard InChI is InChI=1S/C35H33ClF8N8O3/c1-32(2,3)16-34(21-6-4-18(10-23(21)37)20-13-47-50(14-20)30(40)41)29(54)51(31(45)49-34)25(15-55-26(53)12-33(8-9-33)35(42,43)44)19-5-7-22(36)24(11-19)52-28(27(38)39)46-17-48-52/h4-7,10-11,13-14,17,25,27,30H,8-9,12,15-16H2,1-3H3,(H2,45,49)/t25-,34-/m1/s1. The molecule has 0 spiro atoms. The highest BCUT2D eigenvalue weighted by Gasteiger charge is 2.64. The van der Waals surface area contributed by atoms with Crippen molar-refractivity contribution in [3.05, 3.63) is 82.9 Å². The number of nitrogens with two attached hydrogens (primary N) is 1. The first-order valence-electron chi connectivity index (χ1n) is 16.7. The third kappa shape index (κ3) is 7.62. The van der Waals surface area contributed by atoms with E-state index < -0.39 is 84.1 Å². The Hall–Kier alpha value is -5.07. The highest BCUT2D eigenvalue weighted by Crippen LogP contribution is 2.60. The number of esters is 1. The zero-order valence-electron chi connectivity index (χ0n) is 29.3. The summed E-state index contributed by atoms with van der Waals surface area (Å²) >= 11 is 6.39. The van der Waals surface area contributed by atoms with Gasteiger partial charge in [0.1, 0.15) is 18.8 Å². The first-order chi connectivity index (χ1) is 25.7. The monoisotopic (exact) mass is 800 g/mol. The van der Waals surface area contributed by atoms with Crippen LogP contribution in [0.4, 0.5) is 35.1 Å². The number of amides is 1. The van der Waals surface area contributed by atoms with E-state index in [-0.39, 0.29) is 52.2 Å². The van der Waals surface area contributed by atoms with Crippen LogP contribution in [-0.4, -0.2) is 60.1 Å². The zero-order valence-corrected chi connectivity index (χ0v) is 30.1. The maximum atomic E-state index is 16.3. The number of aliphatic imine (C=N–C) groups is 1. The number of hydrogen-bond acceptors (Lipinski definition) is 8. The molecule has 1 aliphatic heterocycles. The van der Waals surface area contributed by atoms with Crippen molar-refractivity contribution in [2.45, 2.75) is 77.2 Å². The van der Waals surface area contributed by atoms with Gasteiger partial charge >= 0.3 is 18.7 Å². The molecule has 0 unspecified atom stereocenters. The van der Waals surface area contributed by atoms with Crippen molar-refractivity contribution in [1.82, 2.24) is 29.4 Å². The van der Waals surface area contributed by atoms with Gasteiger partial charge in [0, 0.05) is 17.3 Å². The number of hydrogen-bond donors (Lipinski definition) is 1. The van der Waals surface area contributed by atoms with E-state index >= 15 is 4.39 Å². The molecule has 0 saturated heterocycles. The fraction of sp³-hybridized carbons (Fsp3) is 0.429. The molecule has 1 fully saturated rings. The number of alkyl halides is 7. The van der Waals surface area contributed by atoms with Crippen LogP contribution in [-0.2, 0) is 19.9 Å². The third-order valence-corrected chi connectivity index (χ3v) is 9.78. The normalized spacial score (nSPS) is 19.0. The van der Waals surface area contributed by atoms with E-state index in [9.17, 15) is 40.3 Å². The lowest BCUT2D eigenvalue weighted by atomic mass is 9.75. The van der Waals surface area contributed by atoms with Crippen LogP contribution < -0.4 is 5.73 Å². The average Bonchev–Trinajstić information content (AvgIpc) is 3.40. The number of rotatable bonds is 12. The highest BCUT2D eigenvalue weighted by atomic mass is 35.5. The summed E-state index contributed by atoms with van der Waals surface area (Å²) < 4.78 is 118. The molecule has 20 heteroatoms. The van der Waals surface area contributed by atoms with Crippen LogP contribution in [0.15, 0.2) is 60.1 Å². The molecule has 1 saturated carbocycles. The molecular formula is C35H33ClF8N8O3. The van der Waals surface area contributed by atoms with Gasteiger partial charge in [0.2, 0.25) is 0 Å². The van der Waals surface area contributed by atoms with Crippen LogP contribution in [0.5, 0.6) is 0 Å². The van der Waals surface area contributed by atoms with Gasteiger partial charge in [0.05, 0.1) is 34.8 Å². The molecule has 0 radical (unpaired) electrons. The van der Waals surface area contributed by atoms with E-state index in [1.807, 2.05) is 0 Å². The molecule has 0 bridgehead atoms. The Bertz CT molecular complexity index is 2140. The van der Waals surface area contributed by atoms with Crippen molar-refractivity contribution in [1.29, 1.82) is 0 Å². The lowest BCUT2D eigenvalue weighted by Gasteiger charge is -2.35. The summed E-state index contributed by atoms with van der Waals surface area (Å²) in [5.41, 5.74) is 1.34. The van der Waals surface area contributed by atoms with E-state index in [0.717, 1.165) is 34.4 Å². The maximum absolute atomic E-state index is 16.3. The van der Waals surface area contributed by atoms with Gasteiger partial charge in [-0.1, -0.05) is 50.6 Å². The average molecular weight is 801 g/mol. The summed E-state index contributed by atoms with van der Waals surface area (Å²) in [6, 6.07) is 6.04. The molecule has 294 valence electrons. The second-order valence-electron chi connectivity index (χ2n) is 14.6. The molecule has 2 aliphatic rings. The minimum Gasteiger partial charge on any atom is -0.463 e. The maximum Gasteiger partial charge on any atom is 0.395 e. The highest BCUT2D eigenvalue weighted by molar-refractivity contribution is 6.32. The third-order valence-electron chi connectivity index (χ3n) is 9.46.